The number of amides is 1. The summed E-state index contributed by atoms with van der Waals surface area (Å²) in [4.78, 5) is 25.3. The molecular weight excluding hydrogens is 322 g/mol. The molecule has 2 atom stereocenters. The maximum atomic E-state index is 12.5. The highest BCUT2D eigenvalue weighted by Crippen LogP contribution is 2.38. The Kier molecular flexibility index (Phi) is 4.35. The molecule has 6 nitrogen and oxygen atoms in total. The van der Waals surface area contributed by atoms with Crippen molar-refractivity contribution in [2.75, 3.05) is 19.8 Å². The number of likely N-dealkylation sites (tertiary alicyclic amines) is 1. The van der Waals surface area contributed by atoms with Crippen molar-refractivity contribution in [1.29, 1.82) is 0 Å². The van der Waals surface area contributed by atoms with Gasteiger partial charge < -0.3 is 19.5 Å². The molecule has 0 spiro atoms. The summed E-state index contributed by atoms with van der Waals surface area (Å²) in [6, 6.07) is 3.16. The number of hydrogen-bond acceptors (Lipinski definition) is 4. The van der Waals surface area contributed by atoms with E-state index in [9.17, 15) is 9.59 Å². The van der Waals surface area contributed by atoms with Gasteiger partial charge in [-0.25, -0.2) is 0 Å². The first-order chi connectivity index (χ1) is 11.0. The molecule has 0 bridgehead atoms. The van der Waals surface area contributed by atoms with Crippen molar-refractivity contribution in [3.8, 4) is 11.5 Å². The molecule has 7 heteroatoms. The van der Waals surface area contributed by atoms with Crippen LogP contribution in [0, 0.1) is 5.92 Å². The number of ether oxygens (including phenoxy) is 2. The Morgan fingerprint density at radius 2 is 2.09 bits per heavy atom. The van der Waals surface area contributed by atoms with Crippen molar-refractivity contribution < 1.29 is 24.2 Å². The van der Waals surface area contributed by atoms with Crippen LogP contribution < -0.4 is 9.47 Å². The number of fused-ring (bicyclic) bond motifs is 1. The summed E-state index contributed by atoms with van der Waals surface area (Å²) >= 11 is 6.18. The van der Waals surface area contributed by atoms with E-state index >= 15 is 0 Å². The third-order valence-corrected chi connectivity index (χ3v) is 4.69. The quantitative estimate of drug-likeness (QED) is 0.911. The van der Waals surface area contributed by atoms with E-state index in [0.29, 0.717) is 42.7 Å². The van der Waals surface area contributed by atoms with Gasteiger partial charge in [0.15, 0.2) is 11.5 Å². The van der Waals surface area contributed by atoms with Gasteiger partial charge in [0, 0.05) is 12.6 Å². The Labute approximate surface area is 138 Å². The maximum absolute atomic E-state index is 12.5. The predicted molar refractivity (Wildman–Crippen MR) is 83.1 cm³/mol. The van der Waals surface area contributed by atoms with Gasteiger partial charge in [-0.05, 0) is 31.0 Å². The van der Waals surface area contributed by atoms with Crippen molar-refractivity contribution in [1.82, 2.24) is 4.90 Å². The average molecular weight is 340 g/mol. The Bertz CT molecular complexity index is 648. The van der Waals surface area contributed by atoms with E-state index in [-0.39, 0.29) is 18.4 Å². The molecule has 1 N–H and O–H groups in total. The van der Waals surface area contributed by atoms with Gasteiger partial charge in [-0.3, -0.25) is 9.59 Å². The van der Waals surface area contributed by atoms with Gasteiger partial charge >= 0.3 is 5.97 Å². The van der Waals surface area contributed by atoms with Crippen molar-refractivity contribution in [2.24, 2.45) is 5.92 Å². The highest BCUT2D eigenvalue weighted by atomic mass is 35.5. The van der Waals surface area contributed by atoms with Gasteiger partial charge in [0.05, 0.1) is 17.4 Å². The highest BCUT2D eigenvalue weighted by molar-refractivity contribution is 6.32. The molecule has 2 aliphatic rings. The summed E-state index contributed by atoms with van der Waals surface area (Å²) in [5, 5.41) is 9.58. The molecule has 1 aromatic rings. The fourth-order valence-corrected chi connectivity index (χ4v) is 3.45. The van der Waals surface area contributed by atoms with Crippen LogP contribution in [0.25, 0.3) is 0 Å². The molecule has 1 aromatic carbocycles. The van der Waals surface area contributed by atoms with Gasteiger partial charge in [0.1, 0.15) is 13.2 Å². The monoisotopic (exact) mass is 339 g/mol. The number of benzene rings is 1. The number of halogens is 1. The Morgan fingerprint density at radius 1 is 1.35 bits per heavy atom. The first-order valence-electron chi connectivity index (χ1n) is 7.57. The molecule has 0 aliphatic carbocycles. The second-order valence-corrected chi connectivity index (χ2v) is 6.25. The summed E-state index contributed by atoms with van der Waals surface area (Å²) in [7, 11) is 0. The molecule has 2 aliphatic heterocycles. The van der Waals surface area contributed by atoms with Gasteiger partial charge in [-0.1, -0.05) is 11.6 Å². The van der Waals surface area contributed by atoms with Crippen LogP contribution in [0.2, 0.25) is 5.02 Å². The minimum Gasteiger partial charge on any atom is -0.486 e. The molecule has 3 rings (SSSR count). The summed E-state index contributed by atoms with van der Waals surface area (Å²) in [5.41, 5.74) is 0.732. The van der Waals surface area contributed by atoms with Gasteiger partial charge in [0.2, 0.25) is 5.91 Å². The second kappa shape index (κ2) is 6.28. The van der Waals surface area contributed by atoms with Crippen LogP contribution in [0.15, 0.2) is 12.1 Å². The molecule has 1 fully saturated rings. The Hall–Kier alpha value is -1.95. The SMILES string of the molecule is CC1C(C(=O)O)CCN1C(=O)Cc1cc(Cl)c2c(c1)OCCO2. The smallest absolute Gasteiger partial charge is 0.308 e. The topological polar surface area (TPSA) is 76.1 Å². The van der Waals surface area contributed by atoms with E-state index in [2.05, 4.69) is 0 Å². The zero-order chi connectivity index (χ0) is 16.6. The van der Waals surface area contributed by atoms with Crippen LogP contribution in [0.3, 0.4) is 0 Å². The normalized spacial score (nSPS) is 23.0. The number of carbonyl (C=O) groups is 2. The van der Waals surface area contributed by atoms with E-state index in [1.165, 1.54) is 0 Å². The molecule has 0 saturated carbocycles. The lowest BCUT2D eigenvalue weighted by Crippen LogP contribution is -2.38. The van der Waals surface area contributed by atoms with Gasteiger partial charge in [-0.15, -0.1) is 0 Å². The van der Waals surface area contributed by atoms with Crippen LogP contribution in [0.5, 0.6) is 11.5 Å². The number of carbonyl (C=O) groups excluding carboxylic acids is 1. The maximum Gasteiger partial charge on any atom is 0.308 e. The molecule has 0 aromatic heterocycles. The highest BCUT2D eigenvalue weighted by Gasteiger charge is 2.37. The number of carboxylic acid groups (broad SMARTS) is 1. The molecular formula is C16H18ClNO5. The number of hydrogen-bond donors (Lipinski definition) is 1. The minimum atomic E-state index is -0.852. The fraction of sp³-hybridized carbons (Fsp3) is 0.500. The number of aliphatic carboxylic acids is 1. The zero-order valence-electron chi connectivity index (χ0n) is 12.8. The van der Waals surface area contributed by atoms with E-state index in [1.807, 2.05) is 0 Å². The summed E-state index contributed by atoms with van der Waals surface area (Å²) in [6.07, 6.45) is 0.650. The number of rotatable bonds is 3. The number of nitrogens with zero attached hydrogens (tertiary/aromatic N) is 1. The molecule has 0 radical (unpaired) electrons. The molecule has 2 heterocycles. The molecule has 2 unspecified atom stereocenters. The second-order valence-electron chi connectivity index (χ2n) is 5.84. The standard InChI is InChI=1S/C16H18ClNO5/c1-9-11(16(20)21)2-3-18(9)14(19)8-10-6-12(17)15-13(7-10)22-4-5-23-15/h6-7,9,11H,2-5,8H2,1H3,(H,20,21). The van der Waals surface area contributed by atoms with Crippen molar-refractivity contribution in [3.05, 3.63) is 22.7 Å². The molecule has 124 valence electrons. The molecule has 1 amide bonds. The summed E-state index contributed by atoms with van der Waals surface area (Å²) in [5.74, 6) is -0.397. The Balaban J connectivity index is 1.74. The third kappa shape index (κ3) is 3.08. The van der Waals surface area contributed by atoms with Crippen molar-refractivity contribution >= 4 is 23.5 Å². The van der Waals surface area contributed by atoms with E-state index in [1.54, 1.807) is 24.0 Å². The Morgan fingerprint density at radius 3 is 2.78 bits per heavy atom. The summed E-state index contributed by atoms with van der Waals surface area (Å²) in [6.45, 7) is 3.15. The van der Waals surface area contributed by atoms with Crippen LogP contribution in [-0.2, 0) is 16.0 Å². The molecule has 1 saturated heterocycles. The van der Waals surface area contributed by atoms with Gasteiger partial charge in [-0.2, -0.15) is 0 Å². The number of carboxylic acids is 1. The van der Waals surface area contributed by atoms with E-state index < -0.39 is 11.9 Å². The van der Waals surface area contributed by atoms with Gasteiger partial charge in [0.25, 0.3) is 0 Å². The van der Waals surface area contributed by atoms with E-state index in [0.717, 1.165) is 5.56 Å². The first-order valence-corrected chi connectivity index (χ1v) is 7.95. The van der Waals surface area contributed by atoms with Crippen LogP contribution in [0.4, 0.5) is 0 Å². The van der Waals surface area contributed by atoms with Crippen LogP contribution in [0.1, 0.15) is 18.9 Å². The largest absolute Gasteiger partial charge is 0.486 e. The zero-order valence-corrected chi connectivity index (χ0v) is 13.5. The fourth-order valence-electron chi connectivity index (χ4n) is 3.16. The average Bonchev–Trinajstić information content (AvgIpc) is 2.89. The minimum absolute atomic E-state index is 0.103. The molecule has 23 heavy (non-hydrogen) atoms. The van der Waals surface area contributed by atoms with Crippen LogP contribution >= 0.6 is 11.6 Å². The lowest BCUT2D eigenvalue weighted by molar-refractivity contribution is -0.143. The van der Waals surface area contributed by atoms with Crippen molar-refractivity contribution in [3.63, 3.8) is 0 Å². The van der Waals surface area contributed by atoms with Crippen LogP contribution in [-0.4, -0.2) is 47.7 Å². The predicted octanol–water partition coefficient (Wildman–Crippen LogP) is 1.98. The third-order valence-electron chi connectivity index (χ3n) is 4.40. The first kappa shape index (κ1) is 15.9. The lowest BCUT2D eigenvalue weighted by atomic mass is 10.0. The van der Waals surface area contributed by atoms with E-state index in [4.69, 9.17) is 26.2 Å². The summed E-state index contributed by atoms with van der Waals surface area (Å²) < 4.78 is 11.0. The lowest BCUT2D eigenvalue weighted by Gasteiger charge is -2.24. The van der Waals surface area contributed by atoms with Crippen molar-refractivity contribution in [2.45, 2.75) is 25.8 Å².